The quantitative estimate of drug-likeness (QED) is 0.868. The molecule has 100 valence electrons. The fraction of sp³-hybridized carbons (Fsp3) is 0.692. The van der Waals surface area contributed by atoms with E-state index in [1.807, 2.05) is 0 Å². The second kappa shape index (κ2) is 5.50. The van der Waals surface area contributed by atoms with Gasteiger partial charge in [0.1, 0.15) is 0 Å². The molecule has 5 heteroatoms. The van der Waals surface area contributed by atoms with Crippen molar-refractivity contribution < 1.29 is 4.39 Å². The average molecular weight is 252 g/mol. The topological polar surface area (TPSA) is 49.8 Å². The standard InChI is InChI=1S/C13H21FN4/c1-8-4-9(2)6-10(5-8)17-12-11(14)7-16-13(15-3)18-12/h7-10H,4-6H2,1-3H3,(H2,15,16,17,18). The molecule has 4 nitrogen and oxygen atoms in total. The van der Waals surface area contributed by atoms with Crippen molar-refractivity contribution >= 4 is 11.8 Å². The summed E-state index contributed by atoms with van der Waals surface area (Å²) in [5, 5.41) is 6.04. The summed E-state index contributed by atoms with van der Waals surface area (Å²) in [4.78, 5) is 7.97. The van der Waals surface area contributed by atoms with E-state index in [1.54, 1.807) is 7.05 Å². The van der Waals surface area contributed by atoms with Crippen molar-refractivity contribution in [1.29, 1.82) is 0 Å². The van der Waals surface area contributed by atoms with E-state index in [0.717, 1.165) is 12.8 Å². The molecule has 0 spiro atoms. The molecule has 1 saturated carbocycles. The largest absolute Gasteiger partial charge is 0.365 e. The Morgan fingerprint density at radius 1 is 1.22 bits per heavy atom. The number of nitrogens with zero attached hydrogens (tertiary/aromatic N) is 2. The van der Waals surface area contributed by atoms with Crippen molar-refractivity contribution in [2.24, 2.45) is 11.8 Å². The van der Waals surface area contributed by atoms with Crippen LogP contribution in [0.3, 0.4) is 0 Å². The summed E-state index contributed by atoms with van der Waals surface area (Å²) in [7, 11) is 1.72. The number of aromatic nitrogens is 2. The van der Waals surface area contributed by atoms with Crippen molar-refractivity contribution in [2.45, 2.75) is 39.2 Å². The molecule has 1 aromatic rings. The van der Waals surface area contributed by atoms with Crippen LogP contribution in [0, 0.1) is 17.7 Å². The van der Waals surface area contributed by atoms with Crippen LogP contribution in [0.4, 0.5) is 16.2 Å². The number of rotatable bonds is 3. The number of anilines is 2. The molecule has 2 atom stereocenters. The van der Waals surface area contributed by atoms with Crippen LogP contribution in [0.15, 0.2) is 6.20 Å². The SMILES string of the molecule is CNc1ncc(F)c(NC2CC(C)CC(C)C2)n1. The van der Waals surface area contributed by atoms with E-state index in [-0.39, 0.29) is 5.82 Å². The maximum Gasteiger partial charge on any atom is 0.224 e. The summed E-state index contributed by atoms with van der Waals surface area (Å²) in [6, 6.07) is 0.304. The van der Waals surface area contributed by atoms with Crippen LogP contribution >= 0.6 is 0 Å². The van der Waals surface area contributed by atoms with E-state index in [0.29, 0.717) is 29.6 Å². The highest BCUT2D eigenvalue weighted by Crippen LogP contribution is 2.30. The molecule has 0 amide bonds. The molecule has 1 aromatic heterocycles. The highest BCUT2D eigenvalue weighted by atomic mass is 19.1. The van der Waals surface area contributed by atoms with E-state index in [2.05, 4.69) is 34.4 Å². The highest BCUT2D eigenvalue weighted by molar-refractivity contribution is 5.41. The molecule has 0 bridgehead atoms. The molecule has 2 unspecified atom stereocenters. The molecule has 0 saturated heterocycles. The van der Waals surface area contributed by atoms with Crippen LogP contribution in [-0.2, 0) is 0 Å². The molecule has 2 rings (SSSR count). The second-order valence-electron chi connectivity index (χ2n) is 5.40. The first-order chi connectivity index (χ1) is 8.58. The van der Waals surface area contributed by atoms with Crippen molar-refractivity contribution in [3.8, 4) is 0 Å². The van der Waals surface area contributed by atoms with E-state index in [9.17, 15) is 4.39 Å². The summed E-state index contributed by atoms with van der Waals surface area (Å²) in [6.07, 6.45) is 4.61. The van der Waals surface area contributed by atoms with E-state index in [1.165, 1.54) is 12.6 Å². The third-order valence-electron chi connectivity index (χ3n) is 3.49. The van der Waals surface area contributed by atoms with Gasteiger partial charge in [-0.1, -0.05) is 13.8 Å². The third kappa shape index (κ3) is 3.09. The first-order valence-corrected chi connectivity index (χ1v) is 6.55. The van der Waals surface area contributed by atoms with Gasteiger partial charge < -0.3 is 10.6 Å². The van der Waals surface area contributed by atoms with Gasteiger partial charge in [-0.25, -0.2) is 9.37 Å². The minimum atomic E-state index is -0.389. The van der Waals surface area contributed by atoms with Gasteiger partial charge in [0.15, 0.2) is 11.6 Å². The first kappa shape index (κ1) is 13.1. The maximum atomic E-state index is 13.6. The van der Waals surface area contributed by atoms with Crippen LogP contribution in [0.25, 0.3) is 0 Å². The molecule has 1 aliphatic rings. The van der Waals surface area contributed by atoms with E-state index >= 15 is 0 Å². The van der Waals surface area contributed by atoms with Gasteiger partial charge in [-0.15, -0.1) is 0 Å². The van der Waals surface area contributed by atoms with Gasteiger partial charge in [0.2, 0.25) is 5.95 Å². The molecule has 1 aliphatic carbocycles. The smallest absolute Gasteiger partial charge is 0.224 e. The predicted molar refractivity (Wildman–Crippen MR) is 71.1 cm³/mol. The normalized spacial score (nSPS) is 27.9. The lowest BCUT2D eigenvalue weighted by molar-refractivity contribution is 0.280. The minimum Gasteiger partial charge on any atom is -0.365 e. The van der Waals surface area contributed by atoms with Gasteiger partial charge in [-0.2, -0.15) is 4.98 Å². The summed E-state index contributed by atoms with van der Waals surface area (Å²) >= 11 is 0. The van der Waals surface area contributed by atoms with Crippen LogP contribution in [-0.4, -0.2) is 23.1 Å². The first-order valence-electron chi connectivity index (χ1n) is 6.55. The van der Waals surface area contributed by atoms with Crippen molar-refractivity contribution in [2.75, 3.05) is 17.7 Å². The van der Waals surface area contributed by atoms with Crippen molar-refractivity contribution in [3.63, 3.8) is 0 Å². The highest BCUT2D eigenvalue weighted by Gasteiger charge is 2.24. The predicted octanol–water partition coefficient (Wildman–Crippen LogP) is 2.89. The number of hydrogen-bond donors (Lipinski definition) is 2. The fourth-order valence-corrected chi connectivity index (χ4v) is 2.85. The molecule has 0 aromatic carbocycles. The molecule has 0 aliphatic heterocycles. The summed E-state index contributed by atoms with van der Waals surface area (Å²) < 4.78 is 13.6. The lowest BCUT2D eigenvalue weighted by Gasteiger charge is -2.32. The monoisotopic (exact) mass is 252 g/mol. The lowest BCUT2D eigenvalue weighted by atomic mass is 9.80. The molecule has 1 fully saturated rings. The molecule has 18 heavy (non-hydrogen) atoms. The Labute approximate surface area is 107 Å². The Bertz CT molecular complexity index is 400. The van der Waals surface area contributed by atoms with Crippen molar-refractivity contribution in [1.82, 2.24) is 9.97 Å². The Morgan fingerprint density at radius 3 is 2.50 bits per heavy atom. The van der Waals surface area contributed by atoms with E-state index < -0.39 is 0 Å². The van der Waals surface area contributed by atoms with Crippen LogP contribution < -0.4 is 10.6 Å². The lowest BCUT2D eigenvalue weighted by Crippen LogP contribution is -2.31. The Hall–Kier alpha value is -1.39. The minimum absolute atomic E-state index is 0.304. The Morgan fingerprint density at radius 2 is 1.89 bits per heavy atom. The Kier molecular flexibility index (Phi) is 3.99. The molecule has 2 N–H and O–H groups in total. The van der Waals surface area contributed by atoms with E-state index in [4.69, 9.17) is 0 Å². The zero-order valence-corrected chi connectivity index (χ0v) is 11.2. The summed E-state index contributed by atoms with van der Waals surface area (Å²) in [6.45, 7) is 4.50. The van der Waals surface area contributed by atoms with Crippen LogP contribution in [0.1, 0.15) is 33.1 Å². The molecular formula is C13H21FN4. The van der Waals surface area contributed by atoms with Gasteiger partial charge in [0.25, 0.3) is 0 Å². The zero-order chi connectivity index (χ0) is 13.1. The van der Waals surface area contributed by atoms with Gasteiger partial charge in [0.05, 0.1) is 6.20 Å². The molecular weight excluding hydrogens is 231 g/mol. The van der Waals surface area contributed by atoms with Crippen LogP contribution in [0.5, 0.6) is 0 Å². The van der Waals surface area contributed by atoms with Crippen molar-refractivity contribution in [3.05, 3.63) is 12.0 Å². The molecule has 1 heterocycles. The zero-order valence-electron chi connectivity index (χ0n) is 11.2. The van der Waals surface area contributed by atoms with Crippen LogP contribution in [0.2, 0.25) is 0 Å². The van der Waals surface area contributed by atoms with Gasteiger partial charge in [-0.3, -0.25) is 0 Å². The molecule has 0 radical (unpaired) electrons. The van der Waals surface area contributed by atoms with Gasteiger partial charge in [-0.05, 0) is 31.1 Å². The number of hydrogen-bond acceptors (Lipinski definition) is 4. The maximum absolute atomic E-state index is 13.6. The fourth-order valence-electron chi connectivity index (χ4n) is 2.85. The average Bonchev–Trinajstić information content (AvgIpc) is 2.30. The Balaban J connectivity index is 2.08. The number of nitrogens with one attached hydrogen (secondary N) is 2. The number of halogens is 1. The second-order valence-corrected chi connectivity index (χ2v) is 5.40. The third-order valence-corrected chi connectivity index (χ3v) is 3.49. The van der Waals surface area contributed by atoms with Gasteiger partial charge in [0, 0.05) is 13.1 Å². The van der Waals surface area contributed by atoms with Gasteiger partial charge >= 0.3 is 0 Å². The summed E-state index contributed by atoms with van der Waals surface area (Å²) in [5.74, 6) is 1.72. The summed E-state index contributed by atoms with van der Waals surface area (Å²) in [5.41, 5.74) is 0.